The van der Waals surface area contributed by atoms with E-state index in [0.29, 0.717) is 17.6 Å². The minimum atomic E-state index is -0.933. The Morgan fingerprint density at radius 2 is 1.94 bits per heavy atom. The van der Waals surface area contributed by atoms with Gasteiger partial charge in [0.1, 0.15) is 12.4 Å². The quantitative estimate of drug-likeness (QED) is 0.230. The SMILES string of the molecule is CCCCC[C@H](O)CC[C@@H]1[C@H]2Cc3cccc(OCC(=O)OCCOCCC(=O)O)c3C[C@H]2C[C@H]1O. The van der Waals surface area contributed by atoms with Crippen molar-refractivity contribution in [2.45, 2.75) is 83.3 Å². The van der Waals surface area contributed by atoms with Gasteiger partial charge in [0.25, 0.3) is 0 Å². The highest BCUT2D eigenvalue weighted by atomic mass is 16.6. The van der Waals surface area contributed by atoms with Crippen molar-refractivity contribution in [3.63, 3.8) is 0 Å². The highest BCUT2D eigenvalue weighted by Gasteiger charge is 2.44. The van der Waals surface area contributed by atoms with Crippen LogP contribution < -0.4 is 4.74 Å². The normalized spacial score (nSPS) is 23.5. The maximum Gasteiger partial charge on any atom is 0.344 e. The Balaban J connectivity index is 1.47. The van der Waals surface area contributed by atoms with E-state index in [9.17, 15) is 19.8 Å². The lowest BCUT2D eigenvalue weighted by molar-refractivity contribution is -0.148. The average molecular weight is 507 g/mol. The highest BCUT2D eigenvalue weighted by molar-refractivity contribution is 5.71. The first-order valence-corrected chi connectivity index (χ1v) is 13.4. The van der Waals surface area contributed by atoms with Crippen molar-refractivity contribution in [1.82, 2.24) is 0 Å². The highest BCUT2D eigenvalue weighted by Crippen LogP contribution is 2.48. The first-order chi connectivity index (χ1) is 17.4. The number of hydrogen-bond acceptors (Lipinski definition) is 7. The molecular formula is C28H42O8. The molecule has 0 bridgehead atoms. The summed E-state index contributed by atoms with van der Waals surface area (Å²) in [5.74, 6) is 0.228. The molecule has 202 valence electrons. The number of unbranched alkanes of at least 4 members (excludes halogenated alkanes) is 2. The van der Waals surface area contributed by atoms with Gasteiger partial charge in [-0.25, -0.2) is 4.79 Å². The number of hydrogen-bond donors (Lipinski definition) is 3. The molecule has 0 aromatic heterocycles. The van der Waals surface area contributed by atoms with Crippen LogP contribution in [0.25, 0.3) is 0 Å². The zero-order chi connectivity index (χ0) is 25.9. The second-order valence-corrected chi connectivity index (χ2v) is 10.2. The van der Waals surface area contributed by atoms with E-state index in [4.69, 9.17) is 19.3 Å². The van der Waals surface area contributed by atoms with E-state index in [0.717, 1.165) is 63.4 Å². The van der Waals surface area contributed by atoms with Gasteiger partial charge in [-0.2, -0.15) is 0 Å². The predicted molar refractivity (Wildman–Crippen MR) is 134 cm³/mol. The Bertz CT molecular complexity index is 841. The molecule has 5 atom stereocenters. The van der Waals surface area contributed by atoms with Crippen molar-refractivity contribution in [2.24, 2.45) is 17.8 Å². The molecule has 3 N–H and O–H groups in total. The van der Waals surface area contributed by atoms with Crippen molar-refractivity contribution in [3.8, 4) is 5.75 Å². The molecule has 1 saturated carbocycles. The molecule has 36 heavy (non-hydrogen) atoms. The number of aliphatic carboxylic acids is 1. The second-order valence-electron chi connectivity index (χ2n) is 10.2. The summed E-state index contributed by atoms with van der Waals surface area (Å²) in [5.41, 5.74) is 2.31. The van der Waals surface area contributed by atoms with Crippen molar-refractivity contribution in [3.05, 3.63) is 29.3 Å². The number of aliphatic hydroxyl groups excluding tert-OH is 2. The monoisotopic (exact) mass is 506 g/mol. The van der Waals surface area contributed by atoms with Gasteiger partial charge in [0.2, 0.25) is 0 Å². The lowest BCUT2D eigenvalue weighted by atomic mass is 9.73. The molecule has 0 spiro atoms. The van der Waals surface area contributed by atoms with Crippen molar-refractivity contribution in [2.75, 3.05) is 26.4 Å². The molecule has 2 aliphatic rings. The molecule has 8 heteroatoms. The van der Waals surface area contributed by atoms with Gasteiger partial charge in [0, 0.05) is 0 Å². The molecule has 1 fully saturated rings. The Kier molecular flexibility index (Phi) is 11.5. The molecule has 1 aromatic carbocycles. The van der Waals surface area contributed by atoms with Crippen LogP contribution in [-0.2, 0) is 31.9 Å². The standard InChI is InChI=1S/C28H42O8/c1-2-3-4-7-21(29)9-10-22-23-15-19-6-5-8-26(24(19)16-20(23)17-25(22)30)36-18-28(33)35-14-13-34-12-11-27(31)32/h5-6,8,20-23,25,29-30H,2-4,7,9-18H2,1H3,(H,31,32)/t20-,21-,22+,23-,25+/m0/s1. The van der Waals surface area contributed by atoms with Crippen LogP contribution in [0, 0.1) is 17.8 Å². The molecule has 0 radical (unpaired) electrons. The van der Waals surface area contributed by atoms with Crippen LogP contribution in [0.3, 0.4) is 0 Å². The fraction of sp³-hybridized carbons (Fsp3) is 0.714. The summed E-state index contributed by atoms with van der Waals surface area (Å²) in [7, 11) is 0. The lowest BCUT2D eigenvalue weighted by Crippen LogP contribution is -2.28. The molecule has 2 aliphatic carbocycles. The number of carboxylic acids is 1. The number of esters is 1. The maximum absolute atomic E-state index is 12.1. The molecular weight excluding hydrogens is 464 g/mol. The zero-order valence-electron chi connectivity index (χ0n) is 21.4. The lowest BCUT2D eigenvalue weighted by Gasteiger charge is -2.32. The summed E-state index contributed by atoms with van der Waals surface area (Å²) in [6.45, 7) is 2.22. The summed E-state index contributed by atoms with van der Waals surface area (Å²) in [6.07, 6.45) is 7.54. The number of rotatable bonds is 16. The van der Waals surface area contributed by atoms with Crippen LogP contribution >= 0.6 is 0 Å². The van der Waals surface area contributed by atoms with Crippen LogP contribution in [-0.4, -0.2) is 65.9 Å². The molecule has 0 unspecified atom stereocenters. The molecule has 0 saturated heterocycles. The number of carbonyl (C=O) groups excluding carboxylic acids is 1. The Morgan fingerprint density at radius 1 is 1.11 bits per heavy atom. The number of carboxylic acid groups (broad SMARTS) is 1. The summed E-state index contributed by atoms with van der Waals surface area (Å²) < 4.78 is 16.0. The second kappa shape index (κ2) is 14.5. The van der Waals surface area contributed by atoms with Gasteiger partial charge >= 0.3 is 11.9 Å². The van der Waals surface area contributed by atoms with E-state index >= 15 is 0 Å². The summed E-state index contributed by atoms with van der Waals surface area (Å²) in [4.78, 5) is 22.5. The van der Waals surface area contributed by atoms with E-state index in [2.05, 4.69) is 13.0 Å². The van der Waals surface area contributed by atoms with Crippen LogP contribution in [0.4, 0.5) is 0 Å². The predicted octanol–water partition coefficient (Wildman–Crippen LogP) is 3.53. The number of aliphatic hydroxyl groups is 2. The van der Waals surface area contributed by atoms with Crippen LogP contribution in [0.1, 0.15) is 69.4 Å². The van der Waals surface area contributed by atoms with Gasteiger partial charge in [-0.05, 0) is 73.5 Å². The number of fused-ring (bicyclic) bond motifs is 2. The third-order valence-corrected chi connectivity index (χ3v) is 7.62. The first kappa shape index (κ1) is 28.4. The topological polar surface area (TPSA) is 123 Å². The first-order valence-electron chi connectivity index (χ1n) is 13.4. The molecule has 3 rings (SSSR count). The number of ether oxygens (including phenoxy) is 3. The third kappa shape index (κ3) is 8.46. The van der Waals surface area contributed by atoms with Crippen LogP contribution in [0.5, 0.6) is 5.75 Å². The zero-order valence-corrected chi connectivity index (χ0v) is 21.4. The average Bonchev–Trinajstić information content (AvgIpc) is 3.15. The fourth-order valence-corrected chi connectivity index (χ4v) is 5.75. The summed E-state index contributed by atoms with van der Waals surface area (Å²) >= 11 is 0. The van der Waals surface area contributed by atoms with Gasteiger partial charge in [-0.3, -0.25) is 4.79 Å². The van der Waals surface area contributed by atoms with Gasteiger partial charge in [0.05, 0.1) is 31.8 Å². The smallest absolute Gasteiger partial charge is 0.344 e. The minimum Gasteiger partial charge on any atom is -0.482 e. The molecule has 0 aliphatic heterocycles. The summed E-state index contributed by atoms with van der Waals surface area (Å²) in [5, 5.41) is 29.8. The Hall–Kier alpha value is -2.16. The molecule has 0 amide bonds. The Labute approximate surface area is 213 Å². The van der Waals surface area contributed by atoms with Crippen molar-refractivity contribution >= 4 is 11.9 Å². The van der Waals surface area contributed by atoms with Crippen LogP contribution in [0.15, 0.2) is 18.2 Å². The number of carbonyl (C=O) groups is 2. The van der Waals surface area contributed by atoms with E-state index in [1.807, 2.05) is 12.1 Å². The van der Waals surface area contributed by atoms with Crippen LogP contribution in [0.2, 0.25) is 0 Å². The molecule has 0 heterocycles. The van der Waals surface area contributed by atoms with Gasteiger partial charge in [-0.15, -0.1) is 0 Å². The Morgan fingerprint density at radius 3 is 2.72 bits per heavy atom. The summed E-state index contributed by atoms with van der Waals surface area (Å²) in [6, 6.07) is 5.91. The van der Waals surface area contributed by atoms with E-state index in [1.54, 1.807) is 0 Å². The fourth-order valence-electron chi connectivity index (χ4n) is 5.75. The van der Waals surface area contributed by atoms with E-state index < -0.39 is 11.9 Å². The third-order valence-electron chi connectivity index (χ3n) is 7.62. The van der Waals surface area contributed by atoms with E-state index in [-0.39, 0.29) is 51.0 Å². The van der Waals surface area contributed by atoms with Gasteiger partial charge < -0.3 is 29.5 Å². The van der Waals surface area contributed by atoms with Crippen molar-refractivity contribution in [1.29, 1.82) is 0 Å². The van der Waals surface area contributed by atoms with E-state index in [1.165, 1.54) is 5.56 Å². The molecule has 8 nitrogen and oxygen atoms in total. The maximum atomic E-state index is 12.1. The van der Waals surface area contributed by atoms with Gasteiger partial charge in [0.15, 0.2) is 6.61 Å². The van der Waals surface area contributed by atoms with Gasteiger partial charge in [-0.1, -0.05) is 38.3 Å². The minimum absolute atomic E-state index is 0.0467. The van der Waals surface area contributed by atoms with Crippen molar-refractivity contribution < 1.29 is 39.1 Å². The molecule has 1 aromatic rings. The largest absolute Gasteiger partial charge is 0.482 e. The number of benzene rings is 1.